The van der Waals surface area contributed by atoms with Crippen LogP contribution in [-0.4, -0.2) is 47.7 Å². The van der Waals surface area contributed by atoms with Crippen LogP contribution in [-0.2, 0) is 20.5 Å². The van der Waals surface area contributed by atoms with Crippen LogP contribution in [0.5, 0.6) is 0 Å². The van der Waals surface area contributed by atoms with Gasteiger partial charge in [0.05, 0.1) is 25.1 Å². The maximum absolute atomic E-state index is 14.5. The molecular weight excluding hydrogens is 619 g/mol. The summed E-state index contributed by atoms with van der Waals surface area (Å²) in [6, 6.07) is 9.75. The zero-order chi connectivity index (χ0) is 33.9. The van der Waals surface area contributed by atoms with Crippen LogP contribution < -0.4 is 5.32 Å². The van der Waals surface area contributed by atoms with Crippen molar-refractivity contribution in [1.29, 1.82) is 0 Å². The van der Waals surface area contributed by atoms with Gasteiger partial charge < -0.3 is 15.0 Å². The minimum absolute atomic E-state index is 0.00897. The number of aliphatic imine (C=N–C) groups is 1. The zero-order valence-corrected chi connectivity index (χ0v) is 27.9. The van der Waals surface area contributed by atoms with Gasteiger partial charge in [0.15, 0.2) is 0 Å². The van der Waals surface area contributed by atoms with Gasteiger partial charge in [0, 0.05) is 22.7 Å². The molecule has 1 spiro atoms. The van der Waals surface area contributed by atoms with Crippen molar-refractivity contribution in [3.8, 4) is 0 Å². The second-order valence-corrected chi connectivity index (χ2v) is 13.8. The molecule has 1 aliphatic heterocycles. The monoisotopic (exact) mass is 661 g/mol. The highest BCUT2D eigenvalue weighted by atomic mass is 35.5. The van der Waals surface area contributed by atoms with Gasteiger partial charge in [-0.25, -0.2) is 0 Å². The molecule has 46 heavy (non-hydrogen) atoms. The van der Waals surface area contributed by atoms with Crippen molar-refractivity contribution >= 4 is 35.1 Å². The van der Waals surface area contributed by atoms with E-state index in [-0.39, 0.29) is 40.6 Å². The normalized spacial score (nSPS) is 20.9. The van der Waals surface area contributed by atoms with Crippen LogP contribution in [0, 0.1) is 11.3 Å². The van der Waals surface area contributed by atoms with Gasteiger partial charge in [0.2, 0.25) is 0 Å². The molecule has 1 saturated carbocycles. The van der Waals surface area contributed by atoms with E-state index in [1.54, 1.807) is 17.0 Å². The Balaban J connectivity index is 1.73. The van der Waals surface area contributed by atoms with Crippen molar-refractivity contribution < 1.29 is 32.3 Å². The molecule has 0 bridgehead atoms. The smallest absolute Gasteiger partial charge is 0.416 e. The summed E-state index contributed by atoms with van der Waals surface area (Å²) in [4.78, 5) is 45.4. The Morgan fingerprint density at radius 2 is 1.76 bits per heavy atom. The molecule has 250 valence electrons. The van der Waals surface area contributed by atoms with Crippen LogP contribution >= 0.6 is 11.6 Å². The minimum Gasteiger partial charge on any atom is -0.469 e. The van der Waals surface area contributed by atoms with E-state index in [0.717, 1.165) is 43.4 Å². The fourth-order valence-electron chi connectivity index (χ4n) is 6.60. The van der Waals surface area contributed by atoms with Gasteiger partial charge in [-0.1, -0.05) is 64.3 Å². The lowest BCUT2D eigenvalue weighted by atomic mass is 9.69. The molecule has 0 aromatic heterocycles. The number of esters is 1. The second kappa shape index (κ2) is 14.2. The molecule has 1 atom stereocenters. The number of methoxy groups -OCH3 is 1. The number of hydrogen-bond donors (Lipinski definition) is 1. The quantitative estimate of drug-likeness (QED) is 0.260. The van der Waals surface area contributed by atoms with E-state index < -0.39 is 35.3 Å². The molecular formula is C35H43ClF3N3O4. The average molecular weight is 662 g/mol. The minimum atomic E-state index is -4.64. The van der Waals surface area contributed by atoms with Gasteiger partial charge in [-0.3, -0.25) is 19.4 Å². The lowest BCUT2D eigenvalue weighted by Gasteiger charge is -2.47. The molecule has 4 rings (SSSR count). The van der Waals surface area contributed by atoms with E-state index in [9.17, 15) is 27.6 Å². The van der Waals surface area contributed by atoms with Crippen LogP contribution in [0.15, 0.2) is 47.5 Å². The number of nitrogens with zero attached hydrogens (tertiary/aromatic N) is 2. The molecule has 1 N–H and O–H groups in total. The first-order valence-electron chi connectivity index (χ1n) is 15.9. The molecule has 2 aliphatic rings. The molecule has 2 aromatic carbocycles. The Kier molecular flexibility index (Phi) is 10.9. The first kappa shape index (κ1) is 35.5. The average Bonchev–Trinajstić information content (AvgIpc) is 3.27. The maximum atomic E-state index is 14.5. The summed E-state index contributed by atoms with van der Waals surface area (Å²) in [5.41, 5.74) is -0.543. The third-order valence-corrected chi connectivity index (χ3v) is 9.46. The Morgan fingerprint density at radius 1 is 1.11 bits per heavy atom. The van der Waals surface area contributed by atoms with E-state index in [4.69, 9.17) is 16.6 Å². The van der Waals surface area contributed by atoms with Crippen molar-refractivity contribution in [2.75, 3.05) is 13.7 Å². The fourth-order valence-corrected chi connectivity index (χ4v) is 6.84. The van der Waals surface area contributed by atoms with E-state index in [2.05, 4.69) is 37.7 Å². The lowest BCUT2D eigenvalue weighted by molar-refractivity contribution is -0.140. The molecule has 0 saturated heterocycles. The van der Waals surface area contributed by atoms with E-state index in [1.165, 1.54) is 13.2 Å². The van der Waals surface area contributed by atoms with Gasteiger partial charge in [-0.2, -0.15) is 13.2 Å². The second-order valence-electron chi connectivity index (χ2n) is 13.3. The number of hydrogen-bond acceptors (Lipinski definition) is 5. The lowest BCUT2D eigenvalue weighted by Crippen LogP contribution is -2.51. The highest BCUT2D eigenvalue weighted by Crippen LogP contribution is 2.50. The molecule has 1 aliphatic carbocycles. The summed E-state index contributed by atoms with van der Waals surface area (Å²) in [5, 5.41) is 2.58. The summed E-state index contributed by atoms with van der Waals surface area (Å²) in [6.07, 6.45) is 0.501. The summed E-state index contributed by atoms with van der Waals surface area (Å²) in [6.45, 7) is 8.78. The van der Waals surface area contributed by atoms with Crippen LogP contribution in [0.4, 0.5) is 13.2 Å². The van der Waals surface area contributed by atoms with Crippen molar-refractivity contribution in [2.24, 2.45) is 16.3 Å². The Bertz CT molecular complexity index is 1460. The van der Waals surface area contributed by atoms with Crippen molar-refractivity contribution in [2.45, 2.75) is 96.9 Å². The van der Waals surface area contributed by atoms with Crippen LogP contribution in [0.25, 0.3) is 0 Å². The first-order chi connectivity index (χ1) is 21.6. The predicted molar refractivity (Wildman–Crippen MR) is 172 cm³/mol. The molecule has 7 nitrogen and oxygen atoms in total. The summed E-state index contributed by atoms with van der Waals surface area (Å²) in [7, 11) is 1.28. The van der Waals surface area contributed by atoms with E-state index in [1.807, 2.05) is 12.1 Å². The largest absolute Gasteiger partial charge is 0.469 e. The summed E-state index contributed by atoms with van der Waals surface area (Å²) >= 11 is 6.15. The molecule has 11 heteroatoms. The predicted octanol–water partition coefficient (Wildman–Crippen LogP) is 8.15. The summed E-state index contributed by atoms with van der Waals surface area (Å²) in [5.74, 6) is -0.787. The fraction of sp³-hybridized carbons (Fsp3) is 0.543. The van der Waals surface area contributed by atoms with Crippen molar-refractivity contribution in [3.63, 3.8) is 0 Å². The van der Waals surface area contributed by atoms with Gasteiger partial charge in [-0.15, -0.1) is 0 Å². The Labute approximate surface area is 273 Å². The number of carbonyl (C=O) groups excluding carboxylic acids is 3. The molecule has 2 amide bonds. The Morgan fingerprint density at radius 3 is 2.33 bits per heavy atom. The number of nitrogens with one attached hydrogen (secondary N) is 1. The number of unbranched alkanes of at least 4 members (excludes halogenated alkanes) is 1. The van der Waals surface area contributed by atoms with Crippen molar-refractivity contribution in [1.82, 2.24) is 10.2 Å². The summed E-state index contributed by atoms with van der Waals surface area (Å²) < 4.78 is 45.9. The molecule has 1 fully saturated rings. The number of amides is 2. The van der Waals surface area contributed by atoms with Gasteiger partial charge in [0.1, 0.15) is 11.4 Å². The number of alkyl halides is 3. The first-order valence-corrected chi connectivity index (χ1v) is 16.2. The van der Waals surface area contributed by atoms with Gasteiger partial charge in [-0.05, 0) is 79.3 Å². The Hall–Kier alpha value is -3.40. The highest BCUT2D eigenvalue weighted by Gasteiger charge is 2.52. The standard InChI is InChI=1S/C35H43ClF3N3O4/c1-6-7-8-28(22-9-11-23(12-10-22)31(44)40-18-15-29(43)46-5)42-32(45)30(24-19-26(35(37,38)39)21-27(36)20-24)41-34(42)16-13-25(14-17-34)33(2,3)4/h9-12,19-21,25,28H,6-8,13-18H2,1-5H3,(H,40,44)/t25?,28-,34?/m1/s1. The van der Waals surface area contributed by atoms with E-state index >= 15 is 0 Å². The highest BCUT2D eigenvalue weighted by molar-refractivity contribution is 6.47. The number of rotatable bonds is 10. The molecule has 0 unspecified atom stereocenters. The number of benzene rings is 2. The SMILES string of the molecule is CCCC[C@H](c1ccc(C(=O)NCCC(=O)OC)cc1)N1C(=O)C(c2cc(Cl)cc(C(F)(F)F)c2)=NC12CCC(C(C)(C)C)CC2. The number of ether oxygens (including phenoxy) is 1. The van der Waals surface area contributed by atoms with E-state index in [0.29, 0.717) is 30.7 Å². The topological polar surface area (TPSA) is 88.1 Å². The third-order valence-electron chi connectivity index (χ3n) is 9.24. The number of carbonyl (C=O) groups is 3. The molecule has 0 radical (unpaired) electrons. The van der Waals surface area contributed by atoms with Crippen LogP contribution in [0.2, 0.25) is 5.02 Å². The van der Waals surface area contributed by atoms with Crippen LogP contribution in [0.3, 0.4) is 0 Å². The molecule has 2 aromatic rings. The third kappa shape index (κ3) is 7.93. The van der Waals surface area contributed by atoms with Crippen molar-refractivity contribution in [3.05, 3.63) is 69.7 Å². The zero-order valence-electron chi connectivity index (χ0n) is 27.1. The van der Waals surface area contributed by atoms with Crippen LogP contribution in [0.1, 0.15) is 112 Å². The number of halogens is 4. The maximum Gasteiger partial charge on any atom is 0.416 e. The van der Waals surface area contributed by atoms with Gasteiger partial charge >= 0.3 is 12.1 Å². The van der Waals surface area contributed by atoms with Gasteiger partial charge in [0.25, 0.3) is 11.8 Å². The molecule has 1 heterocycles.